The number of ether oxygens (including phenoxy) is 2. The third-order valence-corrected chi connectivity index (χ3v) is 15.7. The van der Waals surface area contributed by atoms with Crippen molar-refractivity contribution >= 4 is 20.0 Å². The minimum absolute atomic E-state index is 0.0569. The summed E-state index contributed by atoms with van der Waals surface area (Å²) < 4.78 is 63.8. The number of nitrogens with zero attached hydrogens (tertiary/aromatic N) is 3. The van der Waals surface area contributed by atoms with Crippen molar-refractivity contribution in [2.45, 2.75) is 110 Å². The van der Waals surface area contributed by atoms with Crippen molar-refractivity contribution in [3.05, 3.63) is 71.4 Å². The summed E-state index contributed by atoms with van der Waals surface area (Å²) in [5.41, 5.74) is -0.832. The van der Waals surface area contributed by atoms with Crippen molar-refractivity contribution in [2.24, 2.45) is 11.8 Å². The van der Waals surface area contributed by atoms with Crippen LogP contribution in [0.2, 0.25) is 17.1 Å². The van der Waals surface area contributed by atoms with Crippen molar-refractivity contribution in [2.75, 3.05) is 24.6 Å². The van der Waals surface area contributed by atoms with Gasteiger partial charge in [0, 0.05) is 54.9 Å². The van der Waals surface area contributed by atoms with Crippen molar-refractivity contribution in [3.63, 3.8) is 0 Å². The molecule has 2 aliphatic heterocycles. The number of pyridine rings is 2. The van der Waals surface area contributed by atoms with Gasteiger partial charge in [-0.3, -0.25) is 9.78 Å². The Morgan fingerprint density at radius 2 is 1.67 bits per heavy atom. The molecule has 2 fully saturated rings. The molecule has 278 valence electrons. The van der Waals surface area contributed by atoms with Gasteiger partial charge in [-0.15, -0.1) is 0 Å². The Balaban J connectivity index is 1.39. The van der Waals surface area contributed by atoms with E-state index in [1.807, 2.05) is 26.8 Å². The number of halogens is 3. The van der Waals surface area contributed by atoms with Crippen LogP contribution in [0.4, 0.5) is 18.9 Å². The van der Waals surface area contributed by atoms with Gasteiger partial charge in [0.1, 0.15) is 41.1 Å². The maximum Gasteiger partial charge on any atom is 0.309 e. The molecule has 51 heavy (non-hydrogen) atoms. The van der Waals surface area contributed by atoms with Crippen LogP contribution in [-0.4, -0.2) is 66.4 Å². The first-order valence-corrected chi connectivity index (χ1v) is 20.1. The van der Waals surface area contributed by atoms with E-state index in [4.69, 9.17) is 13.9 Å². The molecule has 2 aliphatic rings. The van der Waals surface area contributed by atoms with Crippen LogP contribution in [-0.2, 0) is 26.8 Å². The van der Waals surface area contributed by atoms with Gasteiger partial charge in [0.15, 0.2) is 0 Å². The summed E-state index contributed by atoms with van der Waals surface area (Å²) in [6.07, 6.45) is 4.32. The lowest BCUT2D eigenvalue weighted by molar-refractivity contribution is -0.156. The predicted octanol–water partition coefficient (Wildman–Crippen LogP) is 8.05. The summed E-state index contributed by atoms with van der Waals surface area (Å²) in [6.45, 7) is 20.7. The van der Waals surface area contributed by atoms with E-state index in [9.17, 15) is 9.90 Å². The first kappa shape index (κ1) is 38.7. The molecule has 0 radical (unpaired) electrons. The number of anilines is 1. The van der Waals surface area contributed by atoms with Crippen molar-refractivity contribution < 1.29 is 37.0 Å². The zero-order valence-electron chi connectivity index (χ0n) is 31.4. The lowest BCUT2D eigenvalue weighted by Gasteiger charge is -2.42. The van der Waals surface area contributed by atoms with Gasteiger partial charge in [0.2, 0.25) is 8.32 Å². The van der Waals surface area contributed by atoms with E-state index in [2.05, 4.69) is 49.1 Å². The van der Waals surface area contributed by atoms with Gasteiger partial charge in [-0.05, 0) is 88.7 Å². The largest absolute Gasteiger partial charge is 0.490 e. The molecular formula is C39H52F3N3O5Si. The number of esters is 1. The molecule has 5 rings (SSSR count). The number of hydrogen-bond donors (Lipinski definition) is 1. The van der Waals surface area contributed by atoms with Gasteiger partial charge in [0.05, 0.1) is 22.8 Å². The average molecular weight is 728 g/mol. The van der Waals surface area contributed by atoms with Gasteiger partial charge in [-0.1, -0.05) is 27.7 Å². The minimum Gasteiger partial charge on any atom is -0.490 e. The number of fused-ring (bicyclic) bond motifs is 1. The smallest absolute Gasteiger partial charge is 0.309 e. The second-order valence-electron chi connectivity index (χ2n) is 17.0. The zero-order chi connectivity index (χ0) is 37.7. The van der Waals surface area contributed by atoms with Crippen LogP contribution < -0.4 is 9.64 Å². The second kappa shape index (κ2) is 14.2. The number of benzene rings is 1. The van der Waals surface area contributed by atoms with E-state index in [1.54, 1.807) is 12.4 Å². The molecule has 1 aromatic carbocycles. The molecule has 0 amide bonds. The maximum atomic E-state index is 15.2. The highest BCUT2D eigenvalue weighted by Gasteiger charge is 2.65. The predicted molar refractivity (Wildman–Crippen MR) is 194 cm³/mol. The molecule has 0 saturated carbocycles. The molecule has 2 unspecified atom stereocenters. The quantitative estimate of drug-likeness (QED) is 0.175. The highest BCUT2D eigenvalue weighted by Crippen LogP contribution is 2.57. The van der Waals surface area contributed by atoms with Gasteiger partial charge >= 0.3 is 5.97 Å². The summed E-state index contributed by atoms with van der Waals surface area (Å²) in [6, 6.07) is 6.56. The number of carbonyl (C=O) groups is 1. The lowest BCUT2D eigenvalue weighted by Crippen LogP contribution is -2.50. The molecule has 3 aromatic rings. The number of aliphatic hydroxyl groups is 1. The normalized spacial score (nSPS) is 24.0. The third-order valence-electron chi connectivity index (χ3n) is 10.1. The van der Waals surface area contributed by atoms with Crippen LogP contribution in [0.5, 0.6) is 5.75 Å². The van der Waals surface area contributed by atoms with Crippen LogP contribution in [0.15, 0.2) is 42.7 Å². The number of aryl methyl sites for hydroxylation is 2. The molecule has 0 spiro atoms. The minimum atomic E-state index is -2.64. The summed E-state index contributed by atoms with van der Waals surface area (Å²) in [5.74, 6) is -3.13. The Morgan fingerprint density at radius 1 is 1.00 bits per heavy atom. The second-order valence-corrected chi connectivity index (χ2v) is 21.6. The summed E-state index contributed by atoms with van der Waals surface area (Å²) >= 11 is 0. The Labute approximate surface area is 300 Å². The number of rotatable bonds is 9. The number of hydrogen-bond acceptors (Lipinski definition) is 8. The maximum absolute atomic E-state index is 15.2. The highest BCUT2D eigenvalue weighted by atomic mass is 28.4. The van der Waals surface area contributed by atoms with Crippen molar-refractivity contribution in [3.8, 4) is 17.0 Å². The molecule has 2 aromatic heterocycles. The molecule has 0 aliphatic carbocycles. The fourth-order valence-corrected chi connectivity index (χ4v) is 11.3. The number of carbonyl (C=O) groups excluding carboxylic acids is 1. The zero-order valence-corrected chi connectivity index (χ0v) is 32.4. The first-order valence-electron chi connectivity index (χ1n) is 17.7. The van der Waals surface area contributed by atoms with Crippen molar-refractivity contribution in [1.82, 2.24) is 9.97 Å². The summed E-state index contributed by atoms with van der Waals surface area (Å²) in [7, 11) is -2.64. The van der Waals surface area contributed by atoms with Gasteiger partial charge in [-0.25, -0.2) is 18.2 Å². The third kappa shape index (κ3) is 8.44. The molecule has 8 nitrogen and oxygen atoms in total. The molecule has 12 heteroatoms. The first-order chi connectivity index (χ1) is 23.6. The van der Waals surface area contributed by atoms with Crippen LogP contribution in [0, 0.1) is 29.3 Å². The van der Waals surface area contributed by atoms with Gasteiger partial charge < -0.3 is 23.9 Å². The van der Waals surface area contributed by atoms with E-state index < -0.39 is 48.2 Å². The Bertz CT molecular complexity index is 1730. The Morgan fingerprint density at radius 3 is 2.27 bits per heavy atom. The molecular weight excluding hydrogens is 676 g/mol. The number of piperidine rings is 1. The van der Waals surface area contributed by atoms with E-state index in [0.717, 1.165) is 29.9 Å². The van der Waals surface area contributed by atoms with E-state index in [0.29, 0.717) is 25.1 Å². The van der Waals surface area contributed by atoms with E-state index >= 15 is 13.2 Å². The lowest BCUT2D eigenvalue weighted by atomic mass is 9.84. The van der Waals surface area contributed by atoms with Crippen LogP contribution in [0.3, 0.4) is 0 Å². The molecule has 2 saturated heterocycles. The molecule has 4 heterocycles. The number of aromatic nitrogens is 2. The fourth-order valence-electron chi connectivity index (χ4n) is 7.27. The average Bonchev–Trinajstić information content (AvgIpc) is 3.33. The fraction of sp³-hybridized carbons (Fsp3) is 0.564. The van der Waals surface area contributed by atoms with Crippen LogP contribution in [0.1, 0.15) is 73.6 Å². The SMILES string of the molecule is C[C@H]1CN(c2ccncc2CCc2ccc(F)c(-c3c(F)cc(OCC(C)(C)O)cc3F)n2)C[C@H]2C(C(=O)OC(C)(C)C)[Si](C)(C(C)(C)C)O[C@H]12. The van der Waals surface area contributed by atoms with Crippen LogP contribution >= 0.6 is 0 Å². The van der Waals surface area contributed by atoms with E-state index in [1.165, 1.54) is 26.0 Å². The van der Waals surface area contributed by atoms with Crippen LogP contribution in [0.25, 0.3) is 11.3 Å². The standard InChI is InChI=1S/C39H52F3N3O5Si/c1-23-20-45(21-27-34(23)50-51(10,38(5,6)7)35(27)36(46)49-37(2,3)4)31-15-16-43-19-24(31)11-12-25-13-14-28(40)33(44-25)32-29(41)17-26(18-30(32)42)48-22-39(8,9)47/h13-19,23,27,34-35,47H,11-12,20-22H2,1-10H3/t23-,27+,34+,35?,51?/m0/s1. The topological polar surface area (TPSA) is 94.0 Å². The van der Waals surface area contributed by atoms with Gasteiger partial charge in [-0.2, -0.15) is 0 Å². The Kier molecular flexibility index (Phi) is 10.8. The monoisotopic (exact) mass is 727 g/mol. The molecule has 0 bridgehead atoms. The summed E-state index contributed by atoms with van der Waals surface area (Å²) in [5, 5.41) is 9.70. The highest BCUT2D eigenvalue weighted by molar-refractivity contribution is 6.80. The van der Waals surface area contributed by atoms with E-state index in [-0.39, 0.29) is 46.8 Å². The summed E-state index contributed by atoms with van der Waals surface area (Å²) in [4.78, 5) is 25.0. The Hall–Kier alpha value is -3.48. The molecule has 5 atom stereocenters. The molecule has 1 N–H and O–H groups in total. The van der Waals surface area contributed by atoms with Crippen molar-refractivity contribution in [1.29, 1.82) is 0 Å². The van der Waals surface area contributed by atoms with Gasteiger partial charge in [0.25, 0.3) is 0 Å².